The van der Waals surface area contributed by atoms with Crippen molar-refractivity contribution < 1.29 is 4.74 Å². The highest BCUT2D eigenvalue weighted by atomic mass is 16.5. The van der Waals surface area contributed by atoms with E-state index >= 15 is 0 Å². The number of rotatable bonds is 5. The van der Waals surface area contributed by atoms with Crippen molar-refractivity contribution in [2.75, 3.05) is 6.61 Å². The van der Waals surface area contributed by atoms with Crippen LogP contribution in [0.5, 0.6) is 5.75 Å². The van der Waals surface area contributed by atoms with E-state index in [1.807, 2.05) is 25.1 Å². The van der Waals surface area contributed by atoms with Gasteiger partial charge in [0.05, 0.1) is 12.2 Å². The summed E-state index contributed by atoms with van der Waals surface area (Å²) in [7, 11) is 0. The van der Waals surface area contributed by atoms with Gasteiger partial charge >= 0.3 is 0 Å². The predicted octanol–water partition coefficient (Wildman–Crippen LogP) is 2.46. The average molecular weight is 218 g/mol. The van der Waals surface area contributed by atoms with Gasteiger partial charge in [0.25, 0.3) is 0 Å². The molecule has 0 atom stereocenters. The summed E-state index contributed by atoms with van der Waals surface area (Å²) in [4.78, 5) is 0. The Labute approximate surface area is 96.1 Å². The minimum Gasteiger partial charge on any atom is -0.493 e. The first-order chi connectivity index (χ1) is 7.68. The summed E-state index contributed by atoms with van der Waals surface area (Å²) in [5, 5.41) is 7.50. The van der Waals surface area contributed by atoms with E-state index in [9.17, 15) is 0 Å². The second-order valence-corrected chi connectivity index (χ2v) is 4.45. The minimum absolute atomic E-state index is 0.0742. The summed E-state index contributed by atoms with van der Waals surface area (Å²) < 4.78 is 5.76. The van der Waals surface area contributed by atoms with Crippen LogP contribution in [0, 0.1) is 18.3 Å². The molecule has 3 heteroatoms. The lowest BCUT2D eigenvalue weighted by molar-refractivity contribution is 0.300. The molecular weight excluding hydrogens is 200 g/mol. The molecule has 1 aromatic rings. The fourth-order valence-electron chi connectivity index (χ4n) is 1.79. The first-order valence-electron chi connectivity index (χ1n) is 5.75. The molecule has 2 rings (SSSR count). The normalized spacial score (nSPS) is 14.8. The zero-order valence-corrected chi connectivity index (χ0v) is 9.62. The van der Waals surface area contributed by atoms with Gasteiger partial charge in [-0.25, -0.2) is 0 Å². The molecule has 1 saturated carbocycles. The quantitative estimate of drug-likeness (QED) is 0.589. The molecule has 3 nitrogen and oxygen atoms in total. The van der Waals surface area contributed by atoms with E-state index in [0.717, 1.165) is 30.3 Å². The molecule has 3 N–H and O–H groups in total. The van der Waals surface area contributed by atoms with Gasteiger partial charge in [0.1, 0.15) is 11.6 Å². The van der Waals surface area contributed by atoms with Crippen molar-refractivity contribution in [3.63, 3.8) is 0 Å². The molecule has 0 spiro atoms. The summed E-state index contributed by atoms with van der Waals surface area (Å²) in [6, 6.07) is 5.72. The Morgan fingerprint density at radius 1 is 1.50 bits per heavy atom. The molecule has 0 amide bonds. The van der Waals surface area contributed by atoms with Crippen molar-refractivity contribution in [3.8, 4) is 5.75 Å². The third-order valence-corrected chi connectivity index (χ3v) is 2.97. The number of amidine groups is 1. The zero-order valence-electron chi connectivity index (χ0n) is 9.62. The van der Waals surface area contributed by atoms with Gasteiger partial charge in [-0.15, -0.1) is 0 Å². The summed E-state index contributed by atoms with van der Waals surface area (Å²) in [6.07, 6.45) is 3.80. The van der Waals surface area contributed by atoms with Crippen LogP contribution in [0.3, 0.4) is 0 Å². The van der Waals surface area contributed by atoms with Crippen LogP contribution in [0.2, 0.25) is 0 Å². The fourth-order valence-corrected chi connectivity index (χ4v) is 1.79. The molecule has 1 aromatic carbocycles. The van der Waals surface area contributed by atoms with Crippen molar-refractivity contribution in [3.05, 3.63) is 29.3 Å². The zero-order chi connectivity index (χ0) is 11.5. The molecule has 0 aromatic heterocycles. The lowest BCUT2D eigenvalue weighted by atomic mass is 10.1. The van der Waals surface area contributed by atoms with Gasteiger partial charge < -0.3 is 10.5 Å². The van der Waals surface area contributed by atoms with E-state index in [0.29, 0.717) is 5.56 Å². The molecule has 16 heavy (non-hydrogen) atoms. The molecule has 86 valence electrons. The number of ether oxygens (including phenoxy) is 1. The molecule has 0 saturated heterocycles. The summed E-state index contributed by atoms with van der Waals surface area (Å²) >= 11 is 0. The Morgan fingerprint density at radius 2 is 2.25 bits per heavy atom. The van der Waals surface area contributed by atoms with Crippen LogP contribution in [-0.2, 0) is 0 Å². The highest BCUT2D eigenvalue weighted by molar-refractivity contribution is 5.98. The number of para-hydroxylation sites is 1. The standard InChI is InChI=1S/C13H18N2O/c1-9-3-2-4-11(13(14)15)12(9)16-8-7-10-5-6-10/h2-4,10H,5-8H2,1H3,(H3,14,15). The van der Waals surface area contributed by atoms with Crippen molar-refractivity contribution in [1.82, 2.24) is 0 Å². The molecule has 1 aliphatic rings. The molecule has 1 aliphatic carbocycles. The Morgan fingerprint density at radius 3 is 2.88 bits per heavy atom. The van der Waals surface area contributed by atoms with Crippen LogP contribution >= 0.6 is 0 Å². The third-order valence-electron chi connectivity index (χ3n) is 2.97. The Kier molecular flexibility index (Phi) is 3.13. The van der Waals surface area contributed by atoms with Crippen LogP contribution in [-0.4, -0.2) is 12.4 Å². The number of nitrogen functional groups attached to an aromatic ring is 1. The van der Waals surface area contributed by atoms with Crippen LogP contribution in [0.15, 0.2) is 18.2 Å². The van der Waals surface area contributed by atoms with Gasteiger partial charge in [-0.05, 0) is 30.9 Å². The first-order valence-corrected chi connectivity index (χ1v) is 5.75. The van der Waals surface area contributed by atoms with E-state index in [-0.39, 0.29) is 5.84 Å². The molecular formula is C13H18N2O. The van der Waals surface area contributed by atoms with Crippen LogP contribution in [0.4, 0.5) is 0 Å². The minimum atomic E-state index is 0.0742. The molecule has 0 radical (unpaired) electrons. The average Bonchev–Trinajstić information content (AvgIpc) is 3.04. The second kappa shape index (κ2) is 4.56. The highest BCUT2D eigenvalue weighted by Crippen LogP contribution is 2.32. The van der Waals surface area contributed by atoms with E-state index in [4.69, 9.17) is 15.9 Å². The number of nitrogens with one attached hydrogen (secondary N) is 1. The molecule has 0 bridgehead atoms. The summed E-state index contributed by atoms with van der Waals surface area (Å²) in [6.45, 7) is 2.72. The largest absolute Gasteiger partial charge is 0.493 e. The van der Waals surface area contributed by atoms with Gasteiger partial charge in [-0.1, -0.05) is 25.0 Å². The van der Waals surface area contributed by atoms with Gasteiger partial charge in [-0.2, -0.15) is 0 Å². The number of hydrogen-bond donors (Lipinski definition) is 2. The lowest BCUT2D eigenvalue weighted by Crippen LogP contribution is -2.14. The van der Waals surface area contributed by atoms with E-state index in [1.54, 1.807) is 0 Å². The van der Waals surface area contributed by atoms with Gasteiger partial charge in [-0.3, -0.25) is 5.41 Å². The molecule has 1 fully saturated rings. The second-order valence-electron chi connectivity index (χ2n) is 4.45. The van der Waals surface area contributed by atoms with Crippen molar-refractivity contribution >= 4 is 5.84 Å². The van der Waals surface area contributed by atoms with E-state index in [2.05, 4.69) is 0 Å². The monoisotopic (exact) mass is 218 g/mol. The Hall–Kier alpha value is -1.51. The first kappa shape index (κ1) is 11.0. The number of aryl methyl sites for hydroxylation is 1. The van der Waals surface area contributed by atoms with Gasteiger partial charge in [0.2, 0.25) is 0 Å². The SMILES string of the molecule is Cc1cccc(C(=N)N)c1OCCC1CC1. The maximum atomic E-state index is 7.50. The van der Waals surface area contributed by atoms with Crippen LogP contribution in [0.1, 0.15) is 30.4 Å². The number of hydrogen-bond acceptors (Lipinski definition) is 2. The summed E-state index contributed by atoms with van der Waals surface area (Å²) in [5.41, 5.74) is 7.28. The number of nitrogens with two attached hydrogens (primary N) is 1. The molecule has 0 heterocycles. The van der Waals surface area contributed by atoms with E-state index < -0.39 is 0 Å². The molecule has 0 aliphatic heterocycles. The maximum Gasteiger partial charge on any atom is 0.133 e. The Balaban J connectivity index is 2.06. The smallest absolute Gasteiger partial charge is 0.133 e. The van der Waals surface area contributed by atoms with Crippen molar-refractivity contribution in [2.24, 2.45) is 11.7 Å². The van der Waals surface area contributed by atoms with E-state index in [1.165, 1.54) is 12.8 Å². The predicted molar refractivity (Wildman–Crippen MR) is 65.0 cm³/mol. The Bertz CT molecular complexity index is 397. The van der Waals surface area contributed by atoms with Crippen LogP contribution < -0.4 is 10.5 Å². The van der Waals surface area contributed by atoms with Crippen molar-refractivity contribution in [2.45, 2.75) is 26.2 Å². The lowest BCUT2D eigenvalue weighted by Gasteiger charge is -2.13. The summed E-state index contributed by atoms with van der Waals surface area (Å²) in [5.74, 6) is 1.71. The van der Waals surface area contributed by atoms with Crippen molar-refractivity contribution in [1.29, 1.82) is 5.41 Å². The van der Waals surface area contributed by atoms with Gasteiger partial charge in [0.15, 0.2) is 0 Å². The fraction of sp³-hybridized carbons (Fsp3) is 0.462. The topological polar surface area (TPSA) is 59.1 Å². The molecule has 0 unspecified atom stereocenters. The third kappa shape index (κ3) is 2.54. The number of benzene rings is 1. The maximum absolute atomic E-state index is 7.50. The van der Waals surface area contributed by atoms with Gasteiger partial charge in [0, 0.05) is 0 Å². The highest BCUT2D eigenvalue weighted by Gasteiger charge is 2.21. The van der Waals surface area contributed by atoms with Crippen LogP contribution in [0.25, 0.3) is 0 Å².